The molecule has 0 bridgehead atoms. The van der Waals surface area contributed by atoms with E-state index in [1.807, 2.05) is 44.2 Å². The van der Waals surface area contributed by atoms with E-state index in [0.717, 1.165) is 20.6 Å². The van der Waals surface area contributed by atoms with E-state index >= 15 is 0 Å². The summed E-state index contributed by atoms with van der Waals surface area (Å²) in [5.74, 6) is -1.55. The average molecular weight is 619 g/mol. The normalized spacial score (nSPS) is 12.8. The van der Waals surface area contributed by atoms with E-state index in [9.17, 15) is 22.4 Å². The molecule has 2 amide bonds. The molecule has 10 heteroatoms. The minimum Gasteiger partial charge on any atom is -0.352 e. The molecule has 0 aliphatic heterocycles. The fourth-order valence-corrected chi connectivity index (χ4v) is 5.14. The highest BCUT2D eigenvalue weighted by atomic mass is 79.9. The Balaban J connectivity index is 2.06. The van der Waals surface area contributed by atoms with Gasteiger partial charge in [0.25, 0.3) is 0 Å². The number of nitrogens with one attached hydrogen (secondary N) is 1. The highest BCUT2D eigenvalue weighted by molar-refractivity contribution is 9.10. The third-order valence-electron chi connectivity index (χ3n) is 6.36. The maximum absolute atomic E-state index is 14.8. The molecule has 2 atom stereocenters. The van der Waals surface area contributed by atoms with Gasteiger partial charge >= 0.3 is 0 Å². The smallest absolute Gasteiger partial charge is 0.244 e. The van der Waals surface area contributed by atoms with Gasteiger partial charge in [0.1, 0.15) is 18.4 Å². The Bertz CT molecular complexity index is 1370. The second-order valence-corrected chi connectivity index (χ2v) is 12.2. The van der Waals surface area contributed by atoms with Crippen LogP contribution in [0.1, 0.15) is 31.4 Å². The first kappa shape index (κ1) is 30.3. The Morgan fingerprint density at radius 2 is 1.59 bits per heavy atom. The summed E-state index contributed by atoms with van der Waals surface area (Å²) in [4.78, 5) is 28.8. The van der Waals surface area contributed by atoms with Crippen molar-refractivity contribution < 1.29 is 22.4 Å². The molecule has 0 aliphatic carbocycles. The van der Waals surface area contributed by atoms with Crippen molar-refractivity contribution in [1.82, 2.24) is 10.2 Å². The largest absolute Gasteiger partial charge is 0.352 e. The molecular weight excluding hydrogens is 585 g/mol. The summed E-state index contributed by atoms with van der Waals surface area (Å²) in [5, 5.41) is 2.94. The molecule has 0 saturated heterocycles. The van der Waals surface area contributed by atoms with E-state index in [1.165, 1.54) is 11.0 Å². The molecule has 3 aromatic rings. The van der Waals surface area contributed by atoms with Crippen molar-refractivity contribution in [3.63, 3.8) is 0 Å². The van der Waals surface area contributed by atoms with Crippen LogP contribution >= 0.6 is 15.9 Å². The van der Waals surface area contributed by atoms with Crippen LogP contribution in [0.2, 0.25) is 0 Å². The lowest BCUT2D eigenvalue weighted by Crippen LogP contribution is -2.54. The Morgan fingerprint density at radius 3 is 2.18 bits per heavy atom. The number of amides is 2. The fraction of sp³-hybridized carbons (Fsp3) is 0.310. The summed E-state index contributed by atoms with van der Waals surface area (Å²) in [5.41, 5.74) is 1.32. The first-order valence-corrected chi connectivity index (χ1v) is 15.2. The molecule has 0 aliphatic rings. The molecule has 0 aromatic heterocycles. The lowest BCUT2D eigenvalue weighted by Gasteiger charge is -2.34. The molecule has 3 aromatic carbocycles. The van der Waals surface area contributed by atoms with Gasteiger partial charge in [-0.05, 0) is 49.2 Å². The summed E-state index contributed by atoms with van der Waals surface area (Å²) >= 11 is 3.33. The van der Waals surface area contributed by atoms with Crippen LogP contribution in [0.15, 0.2) is 83.3 Å². The van der Waals surface area contributed by atoms with E-state index in [1.54, 1.807) is 42.5 Å². The van der Waals surface area contributed by atoms with Crippen LogP contribution in [-0.2, 0) is 32.6 Å². The highest BCUT2D eigenvalue weighted by Crippen LogP contribution is 2.23. The molecule has 0 saturated carbocycles. The number of nitrogens with zero attached hydrogens (tertiary/aromatic N) is 2. The van der Waals surface area contributed by atoms with E-state index in [2.05, 4.69) is 21.2 Å². The van der Waals surface area contributed by atoms with Gasteiger partial charge in [-0.2, -0.15) is 0 Å². The van der Waals surface area contributed by atoms with Crippen LogP contribution in [0, 0.1) is 5.82 Å². The quantitative estimate of drug-likeness (QED) is 0.313. The maximum Gasteiger partial charge on any atom is 0.244 e. The SMILES string of the molecule is CC[C@@H](C)NC(=O)[C@@H](Cc1ccccc1)N(Cc1ccccc1F)C(=O)CN(c1ccc(Br)cc1)S(C)(=O)=O. The second kappa shape index (κ2) is 13.7. The van der Waals surface area contributed by atoms with Crippen LogP contribution in [0.4, 0.5) is 10.1 Å². The minimum absolute atomic E-state index is 0.156. The molecule has 1 N–H and O–H groups in total. The Hall–Kier alpha value is -3.24. The van der Waals surface area contributed by atoms with Crippen LogP contribution in [-0.4, -0.2) is 50.0 Å². The zero-order chi connectivity index (χ0) is 28.6. The van der Waals surface area contributed by atoms with Gasteiger partial charge in [-0.25, -0.2) is 12.8 Å². The van der Waals surface area contributed by atoms with Crippen LogP contribution in [0.5, 0.6) is 0 Å². The zero-order valence-corrected chi connectivity index (χ0v) is 24.6. The molecular formula is C29H33BrFN3O4S. The molecule has 39 heavy (non-hydrogen) atoms. The van der Waals surface area contributed by atoms with Crippen molar-refractivity contribution in [2.45, 2.75) is 45.3 Å². The summed E-state index contributed by atoms with van der Waals surface area (Å²) in [7, 11) is -3.87. The number of rotatable bonds is 12. The third-order valence-corrected chi connectivity index (χ3v) is 8.03. The topological polar surface area (TPSA) is 86.8 Å². The van der Waals surface area contributed by atoms with Gasteiger partial charge in [0, 0.05) is 29.0 Å². The van der Waals surface area contributed by atoms with Crippen molar-refractivity contribution in [3.8, 4) is 0 Å². The summed E-state index contributed by atoms with van der Waals surface area (Å²) in [6.07, 6.45) is 1.86. The fourth-order valence-electron chi connectivity index (χ4n) is 4.03. The molecule has 3 rings (SSSR count). The van der Waals surface area contributed by atoms with Crippen molar-refractivity contribution in [2.75, 3.05) is 17.1 Å². The number of hydrogen-bond acceptors (Lipinski definition) is 4. The van der Waals surface area contributed by atoms with E-state index in [-0.39, 0.29) is 24.6 Å². The van der Waals surface area contributed by atoms with Crippen LogP contribution in [0.3, 0.4) is 0 Å². The van der Waals surface area contributed by atoms with E-state index < -0.39 is 40.2 Å². The maximum atomic E-state index is 14.8. The predicted molar refractivity (Wildman–Crippen MR) is 155 cm³/mol. The van der Waals surface area contributed by atoms with Crippen LogP contribution in [0.25, 0.3) is 0 Å². The van der Waals surface area contributed by atoms with Crippen molar-refractivity contribution in [2.24, 2.45) is 0 Å². The molecule has 208 valence electrons. The van der Waals surface area contributed by atoms with Crippen molar-refractivity contribution >= 4 is 43.5 Å². The molecule has 7 nitrogen and oxygen atoms in total. The standard InChI is InChI=1S/C29H33BrFN3O4S/c1-4-21(2)32-29(36)27(18-22-10-6-5-7-11-22)33(19-23-12-8-9-13-26(23)31)28(35)20-34(39(3,37)38)25-16-14-24(30)15-17-25/h5-17,21,27H,4,18-20H2,1-3H3,(H,32,36)/t21-,27-/m1/s1. The molecule has 0 fully saturated rings. The zero-order valence-electron chi connectivity index (χ0n) is 22.2. The molecule has 0 radical (unpaired) electrons. The Morgan fingerprint density at radius 1 is 0.974 bits per heavy atom. The van der Waals surface area contributed by atoms with Gasteiger partial charge in [0.15, 0.2) is 0 Å². The number of benzene rings is 3. The first-order chi connectivity index (χ1) is 18.5. The van der Waals surface area contributed by atoms with Gasteiger partial charge in [-0.15, -0.1) is 0 Å². The van der Waals surface area contributed by atoms with Gasteiger partial charge in [-0.3, -0.25) is 13.9 Å². The average Bonchev–Trinajstić information content (AvgIpc) is 2.90. The number of anilines is 1. The van der Waals surface area contributed by atoms with Crippen molar-refractivity contribution in [3.05, 3.63) is 100 Å². The molecule has 0 heterocycles. The number of hydrogen-bond donors (Lipinski definition) is 1. The monoisotopic (exact) mass is 617 g/mol. The van der Waals surface area contributed by atoms with Gasteiger partial charge < -0.3 is 10.2 Å². The van der Waals surface area contributed by atoms with E-state index in [4.69, 9.17) is 0 Å². The summed E-state index contributed by atoms with van der Waals surface area (Å²) in [6.45, 7) is 3.02. The van der Waals surface area contributed by atoms with E-state index in [0.29, 0.717) is 12.1 Å². The predicted octanol–water partition coefficient (Wildman–Crippen LogP) is 4.91. The minimum atomic E-state index is -3.87. The van der Waals surface area contributed by atoms with Gasteiger partial charge in [0.2, 0.25) is 21.8 Å². The molecule has 0 unspecified atom stereocenters. The number of carbonyl (C=O) groups excluding carboxylic acids is 2. The summed E-state index contributed by atoms with van der Waals surface area (Å²) < 4.78 is 42.1. The summed E-state index contributed by atoms with van der Waals surface area (Å²) in [6, 6.07) is 20.6. The van der Waals surface area contributed by atoms with Crippen molar-refractivity contribution in [1.29, 1.82) is 0 Å². The Kier molecular flexibility index (Phi) is 10.7. The number of carbonyl (C=O) groups is 2. The highest BCUT2D eigenvalue weighted by Gasteiger charge is 2.33. The molecule has 0 spiro atoms. The third kappa shape index (κ3) is 8.63. The van der Waals surface area contributed by atoms with Gasteiger partial charge in [-0.1, -0.05) is 71.4 Å². The number of halogens is 2. The Labute approximate surface area is 238 Å². The first-order valence-electron chi connectivity index (χ1n) is 12.6. The second-order valence-electron chi connectivity index (χ2n) is 9.38. The van der Waals surface area contributed by atoms with Crippen LogP contribution < -0.4 is 9.62 Å². The number of sulfonamides is 1. The lowest BCUT2D eigenvalue weighted by molar-refractivity contribution is -0.140. The lowest BCUT2D eigenvalue weighted by atomic mass is 10.0. The van der Waals surface area contributed by atoms with Gasteiger partial charge in [0.05, 0.1) is 11.9 Å².